The number of carbonyl (C=O) groups is 1. The summed E-state index contributed by atoms with van der Waals surface area (Å²) in [6.45, 7) is 6.98. The highest BCUT2D eigenvalue weighted by atomic mass is 16.2. The number of hydrogen-bond acceptors (Lipinski definition) is 5. The molecule has 0 unspecified atom stereocenters. The van der Waals surface area contributed by atoms with E-state index in [2.05, 4.69) is 47.0 Å². The number of fused-ring (bicyclic) bond motifs is 1. The minimum Gasteiger partial charge on any atom is -0.368 e. The normalized spacial score (nSPS) is 13.9. The second-order valence-electron chi connectivity index (χ2n) is 9.08. The number of hydrogen-bond donors (Lipinski definition) is 0. The number of benzene rings is 2. The minimum atomic E-state index is -0.238. The monoisotopic (exact) mass is 467 g/mol. The third kappa shape index (κ3) is 4.67. The van der Waals surface area contributed by atoms with E-state index in [0.29, 0.717) is 24.9 Å². The van der Waals surface area contributed by atoms with Crippen LogP contribution in [0.2, 0.25) is 0 Å². The lowest BCUT2D eigenvalue weighted by Crippen LogP contribution is -2.50. The highest BCUT2D eigenvalue weighted by Crippen LogP contribution is 2.24. The van der Waals surface area contributed by atoms with Gasteiger partial charge in [0, 0.05) is 56.1 Å². The molecule has 0 aliphatic carbocycles. The number of aryl methyl sites for hydroxylation is 1. The predicted molar refractivity (Wildman–Crippen MR) is 138 cm³/mol. The standard InChI is InChI=1S/C28H29N5O2/c1-20-7-5-11-26(21(20)2)31-13-15-32(16-14-31)27(34)19-33-28(35)24-10-4-3-9-23(24)25(30-33)17-22-8-6-12-29-18-22/h3-12,18H,13-17,19H2,1-2H3. The molecule has 178 valence electrons. The van der Waals surface area contributed by atoms with Gasteiger partial charge in [0.05, 0.1) is 11.1 Å². The molecule has 7 nitrogen and oxygen atoms in total. The van der Waals surface area contributed by atoms with Crippen molar-refractivity contribution in [2.24, 2.45) is 0 Å². The van der Waals surface area contributed by atoms with Crippen LogP contribution in [0.4, 0.5) is 5.69 Å². The van der Waals surface area contributed by atoms with Gasteiger partial charge in [-0.3, -0.25) is 14.6 Å². The molecule has 3 heterocycles. The third-order valence-electron chi connectivity index (χ3n) is 6.87. The quantitative estimate of drug-likeness (QED) is 0.450. The van der Waals surface area contributed by atoms with Crippen molar-refractivity contribution in [2.75, 3.05) is 31.1 Å². The molecular weight excluding hydrogens is 438 g/mol. The molecule has 2 aromatic carbocycles. The summed E-state index contributed by atoms with van der Waals surface area (Å²) >= 11 is 0. The Morgan fingerprint density at radius 3 is 2.43 bits per heavy atom. The molecule has 0 atom stereocenters. The first kappa shape index (κ1) is 22.8. The van der Waals surface area contributed by atoms with E-state index in [1.54, 1.807) is 18.5 Å². The van der Waals surface area contributed by atoms with E-state index in [1.807, 2.05) is 35.2 Å². The summed E-state index contributed by atoms with van der Waals surface area (Å²) in [5.74, 6) is -0.0807. The molecule has 5 rings (SSSR count). The molecule has 0 N–H and O–H groups in total. The van der Waals surface area contributed by atoms with Gasteiger partial charge >= 0.3 is 0 Å². The van der Waals surface area contributed by atoms with Gasteiger partial charge in [0.25, 0.3) is 5.56 Å². The second kappa shape index (κ2) is 9.70. The molecule has 4 aromatic rings. The fourth-order valence-corrected chi connectivity index (χ4v) is 4.74. The molecule has 1 fully saturated rings. The van der Waals surface area contributed by atoms with Crippen LogP contribution in [-0.4, -0.2) is 51.8 Å². The van der Waals surface area contributed by atoms with E-state index < -0.39 is 0 Å². The molecule has 35 heavy (non-hydrogen) atoms. The molecule has 1 amide bonds. The summed E-state index contributed by atoms with van der Waals surface area (Å²) in [4.78, 5) is 34.7. The summed E-state index contributed by atoms with van der Waals surface area (Å²) in [6.07, 6.45) is 4.07. The van der Waals surface area contributed by atoms with E-state index in [1.165, 1.54) is 21.5 Å². The van der Waals surface area contributed by atoms with Gasteiger partial charge in [-0.1, -0.05) is 36.4 Å². The van der Waals surface area contributed by atoms with Crippen molar-refractivity contribution in [1.82, 2.24) is 19.7 Å². The molecule has 1 saturated heterocycles. The lowest BCUT2D eigenvalue weighted by atomic mass is 10.1. The van der Waals surface area contributed by atoms with Crippen molar-refractivity contribution in [1.29, 1.82) is 0 Å². The topological polar surface area (TPSA) is 71.3 Å². The first-order valence-corrected chi connectivity index (χ1v) is 12.0. The van der Waals surface area contributed by atoms with Crippen molar-refractivity contribution >= 4 is 22.4 Å². The molecule has 1 aliphatic heterocycles. The maximum Gasteiger partial charge on any atom is 0.275 e. The molecule has 7 heteroatoms. The van der Waals surface area contributed by atoms with Gasteiger partial charge in [0.15, 0.2) is 0 Å². The third-order valence-corrected chi connectivity index (χ3v) is 6.87. The van der Waals surface area contributed by atoms with Crippen LogP contribution in [0.3, 0.4) is 0 Å². The number of nitrogens with zero attached hydrogens (tertiary/aromatic N) is 5. The zero-order valence-corrected chi connectivity index (χ0v) is 20.1. The Morgan fingerprint density at radius 1 is 0.914 bits per heavy atom. The van der Waals surface area contributed by atoms with Gasteiger partial charge in [0.2, 0.25) is 5.91 Å². The van der Waals surface area contributed by atoms with E-state index in [-0.39, 0.29) is 18.0 Å². The molecule has 0 radical (unpaired) electrons. The number of rotatable bonds is 5. The SMILES string of the molecule is Cc1cccc(N2CCN(C(=O)Cn3nc(Cc4cccnc4)c4ccccc4c3=O)CC2)c1C. The number of carbonyl (C=O) groups excluding carboxylic acids is 1. The molecule has 2 aromatic heterocycles. The number of amides is 1. The predicted octanol–water partition coefficient (Wildman–Crippen LogP) is 3.35. The van der Waals surface area contributed by atoms with Crippen molar-refractivity contribution in [2.45, 2.75) is 26.8 Å². The van der Waals surface area contributed by atoms with Crippen molar-refractivity contribution in [3.8, 4) is 0 Å². The molecule has 0 bridgehead atoms. The van der Waals surface area contributed by atoms with Crippen LogP contribution in [-0.2, 0) is 17.8 Å². The Bertz CT molecular complexity index is 1420. The van der Waals surface area contributed by atoms with Crippen LogP contribution in [0.1, 0.15) is 22.4 Å². The fourth-order valence-electron chi connectivity index (χ4n) is 4.74. The molecule has 0 saturated carbocycles. The zero-order valence-electron chi connectivity index (χ0n) is 20.1. The number of piperazine rings is 1. The smallest absolute Gasteiger partial charge is 0.275 e. The van der Waals surface area contributed by atoms with Gasteiger partial charge in [0.1, 0.15) is 6.54 Å². The maximum absolute atomic E-state index is 13.2. The summed E-state index contributed by atoms with van der Waals surface area (Å²) in [7, 11) is 0. The summed E-state index contributed by atoms with van der Waals surface area (Å²) < 4.78 is 1.33. The first-order valence-electron chi connectivity index (χ1n) is 12.0. The van der Waals surface area contributed by atoms with Crippen LogP contribution in [0.15, 0.2) is 71.8 Å². The highest BCUT2D eigenvalue weighted by molar-refractivity contribution is 5.84. The average molecular weight is 468 g/mol. The van der Waals surface area contributed by atoms with Gasteiger partial charge in [-0.2, -0.15) is 5.10 Å². The van der Waals surface area contributed by atoms with Gasteiger partial charge < -0.3 is 9.80 Å². The Balaban J connectivity index is 1.35. The Kier molecular flexibility index (Phi) is 6.31. The van der Waals surface area contributed by atoms with Gasteiger partial charge in [-0.15, -0.1) is 0 Å². The summed E-state index contributed by atoms with van der Waals surface area (Å²) in [5.41, 5.74) is 5.30. The first-order chi connectivity index (χ1) is 17.0. The minimum absolute atomic E-state index is 0.0623. The molecular formula is C28H29N5O2. The maximum atomic E-state index is 13.2. The lowest BCUT2D eigenvalue weighted by molar-refractivity contribution is -0.132. The molecule has 0 spiro atoms. The van der Waals surface area contributed by atoms with Gasteiger partial charge in [-0.25, -0.2) is 4.68 Å². The van der Waals surface area contributed by atoms with E-state index in [0.717, 1.165) is 29.7 Å². The van der Waals surface area contributed by atoms with E-state index >= 15 is 0 Å². The largest absolute Gasteiger partial charge is 0.368 e. The van der Waals surface area contributed by atoms with E-state index in [9.17, 15) is 9.59 Å². The van der Waals surface area contributed by atoms with Crippen LogP contribution in [0, 0.1) is 13.8 Å². The average Bonchev–Trinajstić information content (AvgIpc) is 2.89. The molecule has 1 aliphatic rings. The van der Waals surface area contributed by atoms with E-state index in [4.69, 9.17) is 0 Å². The van der Waals surface area contributed by atoms with Crippen LogP contribution >= 0.6 is 0 Å². The Labute approximate surface area is 204 Å². The number of aromatic nitrogens is 3. The van der Waals surface area contributed by atoms with Crippen molar-refractivity contribution in [3.63, 3.8) is 0 Å². The fraction of sp³-hybridized carbons (Fsp3) is 0.286. The number of pyridine rings is 1. The summed E-state index contributed by atoms with van der Waals surface area (Å²) in [5, 5.41) is 6.02. The second-order valence-corrected chi connectivity index (χ2v) is 9.08. The van der Waals surface area contributed by atoms with Crippen LogP contribution < -0.4 is 10.5 Å². The summed E-state index contributed by atoms with van der Waals surface area (Å²) in [6, 6.07) is 17.7. The van der Waals surface area contributed by atoms with Gasteiger partial charge in [-0.05, 0) is 48.7 Å². The number of anilines is 1. The van der Waals surface area contributed by atoms with Crippen molar-refractivity contribution < 1.29 is 4.79 Å². The van der Waals surface area contributed by atoms with Crippen LogP contribution in [0.25, 0.3) is 10.8 Å². The van der Waals surface area contributed by atoms with Crippen molar-refractivity contribution in [3.05, 3.63) is 99.7 Å². The Morgan fingerprint density at radius 2 is 1.69 bits per heavy atom. The lowest BCUT2D eigenvalue weighted by Gasteiger charge is -2.37. The van der Waals surface area contributed by atoms with Crippen LogP contribution in [0.5, 0.6) is 0 Å². The highest BCUT2D eigenvalue weighted by Gasteiger charge is 2.23. The Hall–Kier alpha value is -4.00. The zero-order chi connectivity index (χ0) is 24.4.